The van der Waals surface area contributed by atoms with Crippen LogP contribution < -0.4 is 5.73 Å². The quantitative estimate of drug-likeness (QED) is 0.889. The van der Waals surface area contributed by atoms with Gasteiger partial charge in [-0.25, -0.2) is 0 Å². The molecular formula is C17H27NO. The summed E-state index contributed by atoms with van der Waals surface area (Å²) in [5.74, 6) is 0.782. The molecule has 2 rings (SSSR count). The minimum Gasteiger partial charge on any atom is -0.369 e. The Morgan fingerprint density at radius 3 is 2.74 bits per heavy atom. The van der Waals surface area contributed by atoms with Gasteiger partial charge in [0.15, 0.2) is 0 Å². The van der Waals surface area contributed by atoms with Gasteiger partial charge in [0, 0.05) is 6.04 Å². The van der Waals surface area contributed by atoms with Gasteiger partial charge in [-0.2, -0.15) is 0 Å². The van der Waals surface area contributed by atoms with Gasteiger partial charge in [0.1, 0.15) is 0 Å². The molecule has 0 amide bonds. The molecule has 1 aromatic carbocycles. The van der Waals surface area contributed by atoms with Crippen LogP contribution in [0, 0.1) is 12.8 Å². The van der Waals surface area contributed by atoms with Crippen LogP contribution in [0.4, 0.5) is 0 Å². The van der Waals surface area contributed by atoms with E-state index in [1.54, 1.807) is 0 Å². The van der Waals surface area contributed by atoms with Crippen LogP contribution in [0.3, 0.4) is 0 Å². The van der Waals surface area contributed by atoms with Gasteiger partial charge in [-0.15, -0.1) is 0 Å². The molecule has 0 aromatic heterocycles. The molecule has 106 valence electrons. The Balaban J connectivity index is 2.08. The Hall–Kier alpha value is -0.860. The van der Waals surface area contributed by atoms with Gasteiger partial charge >= 0.3 is 0 Å². The minimum atomic E-state index is 0.0233. The van der Waals surface area contributed by atoms with Crippen molar-refractivity contribution in [2.45, 2.75) is 64.7 Å². The number of rotatable bonds is 4. The molecule has 0 aliphatic heterocycles. The third-order valence-electron chi connectivity index (χ3n) is 4.08. The number of nitrogens with two attached hydrogens (primary N) is 1. The van der Waals surface area contributed by atoms with Gasteiger partial charge in [-0.3, -0.25) is 0 Å². The number of ether oxygens (including phenoxy) is 1. The smallest absolute Gasteiger partial charge is 0.0976 e. The molecule has 1 aliphatic carbocycles. The first-order chi connectivity index (χ1) is 9.06. The number of benzene rings is 1. The Labute approximate surface area is 117 Å². The normalized spacial score (nSPS) is 26.9. The zero-order valence-electron chi connectivity index (χ0n) is 12.4. The first-order valence-corrected chi connectivity index (χ1v) is 7.54. The van der Waals surface area contributed by atoms with Gasteiger partial charge in [0.25, 0.3) is 0 Å². The van der Waals surface area contributed by atoms with Crippen molar-refractivity contribution in [2.75, 3.05) is 0 Å². The van der Waals surface area contributed by atoms with Crippen LogP contribution in [0.2, 0.25) is 0 Å². The van der Waals surface area contributed by atoms with Gasteiger partial charge < -0.3 is 10.5 Å². The lowest BCUT2D eigenvalue weighted by molar-refractivity contribution is -0.0490. The first kappa shape index (κ1) is 14.5. The molecule has 19 heavy (non-hydrogen) atoms. The maximum absolute atomic E-state index is 6.34. The summed E-state index contributed by atoms with van der Waals surface area (Å²) in [7, 11) is 0. The van der Waals surface area contributed by atoms with Crippen LogP contribution in [-0.4, -0.2) is 12.1 Å². The van der Waals surface area contributed by atoms with Crippen LogP contribution >= 0.6 is 0 Å². The van der Waals surface area contributed by atoms with Crippen LogP contribution in [0.15, 0.2) is 24.3 Å². The molecule has 0 bridgehead atoms. The molecule has 1 aromatic rings. The van der Waals surface area contributed by atoms with Crippen molar-refractivity contribution < 1.29 is 4.74 Å². The average Bonchev–Trinajstić information content (AvgIpc) is 2.35. The topological polar surface area (TPSA) is 35.2 Å². The maximum atomic E-state index is 6.34. The van der Waals surface area contributed by atoms with Crippen molar-refractivity contribution in [3.05, 3.63) is 35.4 Å². The zero-order chi connectivity index (χ0) is 13.8. The third-order valence-corrected chi connectivity index (χ3v) is 4.08. The second kappa shape index (κ2) is 6.53. The number of aryl methyl sites for hydroxylation is 1. The predicted octanol–water partition coefficient (Wildman–Crippen LogP) is 3.98. The summed E-state index contributed by atoms with van der Waals surface area (Å²) < 4.78 is 6.34. The molecule has 2 N–H and O–H groups in total. The van der Waals surface area contributed by atoms with E-state index in [4.69, 9.17) is 10.5 Å². The second-order valence-corrected chi connectivity index (χ2v) is 6.22. The molecule has 4 unspecified atom stereocenters. The minimum absolute atomic E-state index is 0.0233. The summed E-state index contributed by atoms with van der Waals surface area (Å²) in [4.78, 5) is 0. The van der Waals surface area contributed by atoms with Crippen molar-refractivity contribution >= 4 is 0 Å². The van der Waals surface area contributed by atoms with E-state index in [2.05, 4.69) is 38.1 Å². The fraction of sp³-hybridized carbons (Fsp3) is 0.647. The van der Waals surface area contributed by atoms with E-state index in [0.29, 0.717) is 6.10 Å². The zero-order valence-corrected chi connectivity index (χ0v) is 12.4. The van der Waals surface area contributed by atoms with Crippen LogP contribution in [0.5, 0.6) is 0 Å². The number of hydrogen-bond donors (Lipinski definition) is 1. The summed E-state index contributed by atoms with van der Waals surface area (Å²) in [6.45, 7) is 6.48. The molecule has 0 saturated heterocycles. The fourth-order valence-corrected chi connectivity index (χ4v) is 3.06. The average molecular weight is 261 g/mol. The van der Waals surface area contributed by atoms with Crippen LogP contribution in [-0.2, 0) is 4.74 Å². The molecule has 0 heterocycles. The molecule has 1 saturated carbocycles. The highest BCUT2D eigenvalue weighted by molar-refractivity contribution is 5.25. The summed E-state index contributed by atoms with van der Waals surface area (Å²) in [5, 5.41) is 0. The Morgan fingerprint density at radius 1 is 1.32 bits per heavy atom. The SMILES string of the molecule is Cc1cccc(C(OC2CCCC(C)C2)C(C)N)c1. The number of hydrogen-bond acceptors (Lipinski definition) is 2. The van der Waals surface area contributed by atoms with Crippen molar-refractivity contribution in [3.8, 4) is 0 Å². The lowest BCUT2D eigenvalue weighted by Gasteiger charge is -2.32. The molecule has 0 spiro atoms. The summed E-state index contributed by atoms with van der Waals surface area (Å²) in [6, 6.07) is 8.56. The van der Waals surface area contributed by atoms with Crippen molar-refractivity contribution in [1.82, 2.24) is 0 Å². The van der Waals surface area contributed by atoms with Crippen molar-refractivity contribution in [2.24, 2.45) is 11.7 Å². The largest absolute Gasteiger partial charge is 0.369 e. The lowest BCUT2D eigenvalue weighted by Crippen LogP contribution is -2.32. The highest BCUT2D eigenvalue weighted by Gasteiger charge is 2.25. The highest BCUT2D eigenvalue weighted by Crippen LogP contribution is 2.31. The van der Waals surface area contributed by atoms with E-state index in [-0.39, 0.29) is 12.1 Å². The van der Waals surface area contributed by atoms with E-state index < -0.39 is 0 Å². The molecule has 2 heteroatoms. The van der Waals surface area contributed by atoms with E-state index in [1.165, 1.54) is 36.8 Å². The van der Waals surface area contributed by atoms with Gasteiger partial charge in [-0.05, 0) is 38.2 Å². The Morgan fingerprint density at radius 2 is 2.11 bits per heavy atom. The van der Waals surface area contributed by atoms with E-state index in [9.17, 15) is 0 Å². The summed E-state index contributed by atoms with van der Waals surface area (Å²) >= 11 is 0. The Bertz CT molecular complexity index is 402. The molecule has 0 radical (unpaired) electrons. The standard InChI is InChI=1S/C17H27NO/c1-12-6-4-8-15(10-12)17(14(3)18)19-16-9-5-7-13(2)11-16/h4,6,8,10,13-14,16-17H,5,7,9,11,18H2,1-3H3. The lowest BCUT2D eigenvalue weighted by atomic mass is 9.88. The van der Waals surface area contributed by atoms with Crippen LogP contribution in [0.25, 0.3) is 0 Å². The molecular weight excluding hydrogens is 234 g/mol. The molecule has 1 aliphatic rings. The molecule has 4 atom stereocenters. The highest BCUT2D eigenvalue weighted by atomic mass is 16.5. The summed E-state index contributed by atoms with van der Waals surface area (Å²) in [6.07, 6.45) is 5.38. The van der Waals surface area contributed by atoms with Crippen LogP contribution in [0.1, 0.15) is 56.8 Å². The predicted molar refractivity (Wildman–Crippen MR) is 80.1 cm³/mol. The monoisotopic (exact) mass is 261 g/mol. The van der Waals surface area contributed by atoms with E-state index in [0.717, 1.165) is 5.92 Å². The maximum Gasteiger partial charge on any atom is 0.0976 e. The van der Waals surface area contributed by atoms with Gasteiger partial charge in [0.05, 0.1) is 12.2 Å². The van der Waals surface area contributed by atoms with E-state index >= 15 is 0 Å². The third kappa shape index (κ3) is 4.05. The van der Waals surface area contributed by atoms with Crippen molar-refractivity contribution in [1.29, 1.82) is 0 Å². The second-order valence-electron chi connectivity index (χ2n) is 6.22. The Kier molecular flexibility index (Phi) is 5.00. The first-order valence-electron chi connectivity index (χ1n) is 7.54. The van der Waals surface area contributed by atoms with Gasteiger partial charge in [-0.1, -0.05) is 49.6 Å². The van der Waals surface area contributed by atoms with E-state index in [1.807, 2.05) is 6.92 Å². The van der Waals surface area contributed by atoms with Gasteiger partial charge in [0.2, 0.25) is 0 Å². The molecule has 2 nitrogen and oxygen atoms in total. The molecule has 1 fully saturated rings. The fourth-order valence-electron chi connectivity index (χ4n) is 3.06. The van der Waals surface area contributed by atoms with Crippen molar-refractivity contribution in [3.63, 3.8) is 0 Å². The summed E-state index contributed by atoms with van der Waals surface area (Å²) in [5.41, 5.74) is 8.63.